The van der Waals surface area contributed by atoms with Crippen molar-refractivity contribution in [2.24, 2.45) is 0 Å². The van der Waals surface area contributed by atoms with Crippen LogP contribution >= 0.6 is 22.6 Å². The molecule has 0 saturated heterocycles. The fourth-order valence-corrected chi connectivity index (χ4v) is 3.07. The van der Waals surface area contributed by atoms with Crippen molar-refractivity contribution < 1.29 is 18.1 Å². The fourth-order valence-electron chi connectivity index (χ4n) is 1.50. The van der Waals surface area contributed by atoms with Crippen LogP contribution in [-0.2, 0) is 10.1 Å². The number of rotatable bonds is 1. The van der Waals surface area contributed by atoms with Gasteiger partial charge in [0.1, 0.15) is 10.4 Å². The van der Waals surface area contributed by atoms with E-state index in [1.54, 1.807) is 19.1 Å². The molecule has 0 radical (unpaired) electrons. The normalized spacial score (nSPS) is 11.9. The van der Waals surface area contributed by atoms with E-state index in [1.807, 2.05) is 22.6 Å². The zero-order valence-electron chi connectivity index (χ0n) is 8.68. The molecule has 0 fully saturated rings. The summed E-state index contributed by atoms with van der Waals surface area (Å²) >= 11 is 1.93. The minimum atomic E-state index is -4.46. The Morgan fingerprint density at radius 2 is 2.00 bits per heavy atom. The smallest absolute Gasteiger partial charge is 0.298 e. The van der Waals surface area contributed by atoms with Crippen molar-refractivity contribution in [3.63, 3.8) is 0 Å². The molecule has 1 heterocycles. The van der Waals surface area contributed by atoms with E-state index in [1.165, 1.54) is 6.07 Å². The highest BCUT2D eigenvalue weighted by molar-refractivity contribution is 14.1. The van der Waals surface area contributed by atoms with Crippen molar-refractivity contribution in [3.8, 4) is 5.75 Å². The summed E-state index contributed by atoms with van der Waals surface area (Å²) < 4.78 is 31.8. The maximum Gasteiger partial charge on any atom is 0.298 e. The minimum Gasteiger partial charge on any atom is -0.504 e. The molecule has 0 aliphatic rings. The van der Waals surface area contributed by atoms with Gasteiger partial charge < -0.3 is 5.11 Å². The molecule has 2 aromatic rings. The second-order valence-corrected chi connectivity index (χ2v) is 6.08. The monoisotopic (exact) mass is 365 g/mol. The number of phenolic OH excluding ortho intramolecular Hbond substituents is 1. The highest BCUT2D eigenvalue weighted by Gasteiger charge is 2.20. The molecule has 0 aliphatic heterocycles. The van der Waals surface area contributed by atoms with Crippen molar-refractivity contribution >= 4 is 43.6 Å². The SMILES string of the molecule is Cc1ccc2c(I)cc(S(=O)(=O)O)c(O)c2n1. The van der Waals surface area contributed by atoms with E-state index in [0.29, 0.717) is 14.7 Å². The number of halogens is 1. The van der Waals surface area contributed by atoms with E-state index in [0.717, 1.165) is 0 Å². The Bertz CT molecular complexity index is 712. The number of aromatic hydroxyl groups is 1. The average Bonchev–Trinajstić information content (AvgIpc) is 2.21. The quantitative estimate of drug-likeness (QED) is 0.597. The zero-order chi connectivity index (χ0) is 12.8. The second kappa shape index (κ2) is 4.07. The van der Waals surface area contributed by atoms with Crippen LogP contribution in [0.25, 0.3) is 10.9 Å². The van der Waals surface area contributed by atoms with Gasteiger partial charge in [0.15, 0.2) is 5.75 Å². The highest BCUT2D eigenvalue weighted by Crippen LogP contribution is 2.33. The van der Waals surface area contributed by atoms with Crippen LogP contribution in [0.5, 0.6) is 5.75 Å². The average molecular weight is 365 g/mol. The molecule has 0 saturated carbocycles. The van der Waals surface area contributed by atoms with Crippen LogP contribution in [0.2, 0.25) is 0 Å². The molecule has 0 amide bonds. The molecule has 0 unspecified atom stereocenters. The first-order chi connectivity index (χ1) is 7.80. The summed E-state index contributed by atoms with van der Waals surface area (Å²) in [4.78, 5) is 3.56. The highest BCUT2D eigenvalue weighted by atomic mass is 127. The summed E-state index contributed by atoms with van der Waals surface area (Å²) in [7, 11) is -4.46. The summed E-state index contributed by atoms with van der Waals surface area (Å²) in [5.74, 6) is -0.522. The van der Waals surface area contributed by atoms with E-state index < -0.39 is 20.8 Å². The molecule has 90 valence electrons. The summed E-state index contributed by atoms with van der Waals surface area (Å²) in [6.07, 6.45) is 0. The predicted octanol–water partition coefficient (Wildman–Crippen LogP) is 2.10. The topological polar surface area (TPSA) is 87.5 Å². The molecule has 1 aromatic heterocycles. The van der Waals surface area contributed by atoms with Gasteiger partial charge in [-0.1, -0.05) is 0 Å². The van der Waals surface area contributed by atoms with E-state index in [9.17, 15) is 13.5 Å². The second-order valence-electron chi connectivity index (χ2n) is 3.53. The van der Waals surface area contributed by atoms with Crippen LogP contribution in [0.1, 0.15) is 5.69 Å². The summed E-state index contributed by atoms with van der Waals surface area (Å²) in [6.45, 7) is 1.73. The number of fused-ring (bicyclic) bond motifs is 1. The Morgan fingerprint density at radius 3 is 2.59 bits per heavy atom. The number of pyridine rings is 1. The Kier molecular flexibility index (Phi) is 3.00. The van der Waals surface area contributed by atoms with Gasteiger partial charge in [-0.3, -0.25) is 4.55 Å². The predicted molar refractivity (Wildman–Crippen MR) is 70.7 cm³/mol. The first kappa shape index (κ1) is 12.5. The number of nitrogens with zero attached hydrogens (tertiary/aromatic N) is 1. The first-order valence-corrected chi connectivity index (χ1v) is 7.09. The largest absolute Gasteiger partial charge is 0.504 e. The number of aromatic nitrogens is 1. The lowest BCUT2D eigenvalue weighted by molar-refractivity contribution is 0.447. The molecular weight excluding hydrogens is 357 g/mol. The van der Waals surface area contributed by atoms with E-state index in [-0.39, 0.29) is 5.52 Å². The molecule has 17 heavy (non-hydrogen) atoms. The molecule has 7 heteroatoms. The number of hydrogen-bond acceptors (Lipinski definition) is 4. The molecule has 1 aromatic carbocycles. The fraction of sp³-hybridized carbons (Fsp3) is 0.100. The van der Waals surface area contributed by atoms with Gasteiger partial charge >= 0.3 is 0 Å². The van der Waals surface area contributed by atoms with Gasteiger partial charge in [-0.25, -0.2) is 4.98 Å². The first-order valence-electron chi connectivity index (χ1n) is 4.57. The summed E-state index contributed by atoms with van der Waals surface area (Å²) in [5, 5.41) is 10.5. The lowest BCUT2D eigenvalue weighted by atomic mass is 10.2. The van der Waals surface area contributed by atoms with Crippen molar-refractivity contribution in [3.05, 3.63) is 27.5 Å². The van der Waals surface area contributed by atoms with Gasteiger partial charge in [0, 0.05) is 14.7 Å². The molecule has 2 rings (SSSR count). The van der Waals surface area contributed by atoms with Crippen molar-refractivity contribution in [2.45, 2.75) is 11.8 Å². The third-order valence-corrected chi connectivity index (χ3v) is 4.04. The van der Waals surface area contributed by atoms with Crippen LogP contribution in [-0.4, -0.2) is 23.1 Å². The van der Waals surface area contributed by atoms with Crippen molar-refractivity contribution in [1.82, 2.24) is 4.98 Å². The number of aryl methyl sites for hydroxylation is 1. The van der Waals surface area contributed by atoms with Gasteiger partial charge in [0.05, 0.1) is 0 Å². The van der Waals surface area contributed by atoms with E-state index in [2.05, 4.69) is 4.98 Å². The van der Waals surface area contributed by atoms with Gasteiger partial charge in [0.25, 0.3) is 10.1 Å². The van der Waals surface area contributed by atoms with Crippen LogP contribution < -0.4 is 0 Å². The number of hydrogen-bond donors (Lipinski definition) is 2. The molecular formula is C10H8INO4S. The van der Waals surface area contributed by atoms with Gasteiger partial charge in [-0.05, 0) is 47.7 Å². The lowest BCUT2D eigenvalue weighted by Crippen LogP contribution is -2.00. The van der Waals surface area contributed by atoms with Gasteiger partial charge in [-0.2, -0.15) is 8.42 Å². The van der Waals surface area contributed by atoms with Crippen molar-refractivity contribution in [1.29, 1.82) is 0 Å². The number of benzene rings is 1. The molecule has 5 nitrogen and oxygen atoms in total. The Morgan fingerprint density at radius 1 is 1.35 bits per heavy atom. The van der Waals surface area contributed by atoms with Gasteiger partial charge in [0.2, 0.25) is 0 Å². The molecule has 0 bridgehead atoms. The molecule has 0 atom stereocenters. The third-order valence-electron chi connectivity index (χ3n) is 2.29. The molecule has 2 N–H and O–H groups in total. The van der Waals surface area contributed by atoms with Crippen LogP contribution in [0, 0.1) is 10.5 Å². The standard InChI is InChI=1S/C10H8INO4S/c1-5-2-3-6-7(11)4-8(17(14,15)16)10(13)9(6)12-5/h2-4,13H,1H3,(H,14,15,16). The van der Waals surface area contributed by atoms with Gasteiger partial charge in [-0.15, -0.1) is 0 Å². The van der Waals surface area contributed by atoms with Crippen LogP contribution in [0.15, 0.2) is 23.1 Å². The Hall–Kier alpha value is -0.930. The Labute approximate surface area is 111 Å². The lowest BCUT2D eigenvalue weighted by Gasteiger charge is -2.07. The number of phenols is 1. The zero-order valence-corrected chi connectivity index (χ0v) is 11.7. The molecule has 0 spiro atoms. The molecule has 0 aliphatic carbocycles. The summed E-state index contributed by atoms with van der Waals surface area (Å²) in [5.41, 5.74) is 0.820. The maximum atomic E-state index is 11.1. The van der Waals surface area contributed by atoms with E-state index >= 15 is 0 Å². The van der Waals surface area contributed by atoms with Crippen LogP contribution in [0.4, 0.5) is 0 Å². The van der Waals surface area contributed by atoms with Crippen LogP contribution in [0.3, 0.4) is 0 Å². The van der Waals surface area contributed by atoms with Crippen molar-refractivity contribution in [2.75, 3.05) is 0 Å². The third kappa shape index (κ3) is 2.22. The maximum absolute atomic E-state index is 11.1. The Balaban J connectivity index is 2.98. The van der Waals surface area contributed by atoms with E-state index in [4.69, 9.17) is 4.55 Å². The minimum absolute atomic E-state index is 0.171. The summed E-state index contributed by atoms with van der Waals surface area (Å²) in [6, 6.07) is 4.72.